The summed E-state index contributed by atoms with van der Waals surface area (Å²) in [6, 6.07) is 6.42. The molecule has 0 spiro atoms. The first-order valence-corrected chi connectivity index (χ1v) is 13.8. The van der Waals surface area contributed by atoms with Crippen molar-refractivity contribution in [2.75, 3.05) is 6.54 Å². The van der Waals surface area contributed by atoms with Crippen LogP contribution in [0.25, 0.3) is 0 Å². The number of hydrogen-bond acceptors (Lipinski definition) is 8. The third-order valence-electron chi connectivity index (χ3n) is 6.78. The molecule has 3 amide bonds. The maximum atomic E-state index is 13.2. The second kappa shape index (κ2) is 15.0. The van der Waals surface area contributed by atoms with Crippen molar-refractivity contribution in [1.29, 1.82) is 0 Å². The third kappa shape index (κ3) is 10.2. The molecule has 1 aromatic rings. The summed E-state index contributed by atoms with van der Waals surface area (Å²) >= 11 is 0. The van der Waals surface area contributed by atoms with Gasteiger partial charge in [0.25, 0.3) is 0 Å². The predicted octanol–water partition coefficient (Wildman–Crippen LogP) is -1.87. The van der Waals surface area contributed by atoms with Crippen molar-refractivity contribution in [3.05, 3.63) is 35.9 Å². The Kier molecular flexibility index (Phi) is 12.8. The topological polar surface area (TPSA) is 174 Å². The van der Waals surface area contributed by atoms with E-state index in [2.05, 4.69) is 16.0 Å². The zero-order valence-electron chi connectivity index (χ0n) is 21.1. The molecule has 1 aliphatic carbocycles. The molecule has 0 bridgehead atoms. The first kappa shape index (κ1) is 31.5. The standard InChI is InChI=1S/C24H35N3O8S.Na/c28-21-18(11-12-25-21)14-20(23(30)36(32,33)34)26-22(29)19(13-16-7-3-1-4-8-16)27-24(31)35-15-17-9-5-2-6-10-17;/h2,5-6,9-10,16,18-20,23,30H,1,3-4,7-8,11-15H2,(H,25,28)(H,26,29)(H,27,31)(H,32,33,34);/q;+1/p-1/t18?,19-,20-,23?;/m0./s1. The molecule has 200 valence electrons. The zero-order valence-corrected chi connectivity index (χ0v) is 23.9. The summed E-state index contributed by atoms with van der Waals surface area (Å²) in [6.07, 6.45) is 4.50. The summed E-state index contributed by atoms with van der Waals surface area (Å²) in [5, 5.41) is 17.8. The van der Waals surface area contributed by atoms with Gasteiger partial charge in [0.2, 0.25) is 11.8 Å². The molecule has 4 N–H and O–H groups in total. The van der Waals surface area contributed by atoms with Crippen molar-refractivity contribution < 1.29 is 66.8 Å². The fraction of sp³-hybridized carbons (Fsp3) is 0.625. The Hall–Kier alpha value is -1.70. The van der Waals surface area contributed by atoms with Crippen LogP contribution in [-0.2, 0) is 31.1 Å². The van der Waals surface area contributed by atoms with E-state index in [1.165, 1.54) is 0 Å². The van der Waals surface area contributed by atoms with Gasteiger partial charge in [-0.3, -0.25) is 9.59 Å². The molecule has 0 radical (unpaired) electrons. The van der Waals surface area contributed by atoms with Crippen LogP contribution in [0.4, 0.5) is 4.79 Å². The molecular weight excluding hydrogens is 513 g/mol. The number of ether oxygens (including phenoxy) is 1. The molecule has 1 saturated carbocycles. The van der Waals surface area contributed by atoms with Crippen molar-refractivity contribution >= 4 is 28.0 Å². The Bertz CT molecular complexity index is 1000. The summed E-state index contributed by atoms with van der Waals surface area (Å²) < 4.78 is 39.9. The summed E-state index contributed by atoms with van der Waals surface area (Å²) in [4.78, 5) is 37.7. The smallest absolute Gasteiger partial charge is 0.746 e. The second-order valence-corrected chi connectivity index (χ2v) is 11.0. The van der Waals surface area contributed by atoms with Crippen molar-refractivity contribution in [3.8, 4) is 0 Å². The number of benzene rings is 1. The van der Waals surface area contributed by atoms with E-state index in [9.17, 15) is 32.5 Å². The zero-order chi connectivity index (χ0) is 26.1. The van der Waals surface area contributed by atoms with Crippen LogP contribution in [0.5, 0.6) is 0 Å². The van der Waals surface area contributed by atoms with Gasteiger partial charge in [0.1, 0.15) is 22.8 Å². The summed E-state index contributed by atoms with van der Waals surface area (Å²) in [6.45, 7) is 0.375. The number of rotatable bonds is 11. The van der Waals surface area contributed by atoms with Crippen LogP contribution in [0.3, 0.4) is 0 Å². The monoisotopic (exact) mass is 547 g/mol. The number of amides is 3. The SMILES string of the molecule is O=C(N[C@@H](CC1CCCCC1)C(=O)N[C@@H](CC1CCNC1=O)C(O)S(=O)(=O)[O-])OCc1ccccc1.[Na+]. The molecule has 1 heterocycles. The van der Waals surface area contributed by atoms with Gasteiger partial charge < -0.3 is 30.3 Å². The van der Waals surface area contributed by atoms with Crippen LogP contribution < -0.4 is 45.5 Å². The van der Waals surface area contributed by atoms with E-state index >= 15 is 0 Å². The van der Waals surface area contributed by atoms with Gasteiger partial charge >= 0.3 is 35.7 Å². The molecule has 11 nitrogen and oxygen atoms in total. The van der Waals surface area contributed by atoms with E-state index < -0.39 is 45.6 Å². The maximum absolute atomic E-state index is 13.2. The largest absolute Gasteiger partial charge is 1.00 e. The minimum absolute atomic E-state index is 0. The minimum Gasteiger partial charge on any atom is -0.746 e. The van der Waals surface area contributed by atoms with Crippen LogP contribution in [0, 0.1) is 11.8 Å². The van der Waals surface area contributed by atoms with Gasteiger partial charge in [-0.15, -0.1) is 0 Å². The van der Waals surface area contributed by atoms with Crippen LogP contribution >= 0.6 is 0 Å². The number of alkyl carbamates (subject to hydrolysis) is 1. The first-order valence-electron chi connectivity index (χ1n) is 12.3. The quantitative estimate of drug-likeness (QED) is 0.184. The Morgan fingerprint density at radius 1 is 1.08 bits per heavy atom. The van der Waals surface area contributed by atoms with E-state index in [4.69, 9.17) is 4.74 Å². The Morgan fingerprint density at radius 2 is 1.76 bits per heavy atom. The van der Waals surface area contributed by atoms with Crippen molar-refractivity contribution in [3.63, 3.8) is 0 Å². The molecular formula is C24H34N3NaO8S. The summed E-state index contributed by atoms with van der Waals surface area (Å²) in [7, 11) is -5.17. The second-order valence-electron chi connectivity index (χ2n) is 9.51. The fourth-order valence-electron chi connectivity index (χ4n) is 4.80. The van der Waals surface area contributed by atoms with E-state index in [0.29, 0.717) is 19.4 Å². The molecule has 4 atom stereocenters. The average Bonchev–Trinajstić information content (AvgIpc) is 3.26. The molecule has 37 heavy (non-hydrogen) atoms. The molecule has 1 saturated heterocycles. The van der Waals surface area contributed by atoms with Gasteiger partial charge in [-0.1, -0.05) is 62.4 Å². The number of hydrogen-bond donors (Lipinski definition) is 4. The van der Waals surface area contributed by atoms with Gasteiger partial charge in [-0.05, 0) is 30.7 Å². The summed E-state index contributed by atoms with van der Waals surface area (Å²) in [5.74, 6) is -1.59. The minimum atomic E-state index is -5.17. The van der Waals surface area contributed by atoms with Crippen molar-refractivity contribution in [2.45, 2.75) is 75.5 Å². The molecule has 2 unspecified atom stereocenters. The van der Waals surface area contributed by atoms with Gasteiger partial charge in [0.15, 0.2) is 5.44 Å². The van der Waals surface area contributed by atoms with Crippen LogP contribution in [0.2, 0.25) is 0 Å². The Balaban J connectivity index is 0.00000481. The maximum Gasteiger partial charge on any atom is 1.00 e. The number of aliphatic hydroxyl groups excluding tert-OH is 1. The van der Waals surface area contributed by atoms with Gasteiger partial charge in [0.05, 0.1) is 6.04 Å². The first-order chi connectivity index (χ1) is 17.1. The van der Waals surface area contributed by atoms with E-state index in [1.807, 2.05) is 6.07 Å². The predicted molar refractivity (Wildman–Crippen MR) is 128 cm³/mol. The van der Waals surface area contributed by atoms with E-state index in [1.54, 1.807) is 24.3 Å². The normalized spacial score (nSPS) is 20.6. The molecule has 0 aromatic heterocycles. The van der Waals surface area contributed by atoms with Crippen LogP contribution in [0.15, 0.2) is 30.3 Å². The Labute approximate surface area is 239 Å². The molecule has 2 fully saturated rings. The van der Waals surface area contributed by atoms with E-state index in [0.717, 1.165) is 37.7 Å². The molecule has 2 aliphatic rings. The van der Waals surface area contributed by atoms with E-state index in [-0.39, 0.29) is 54.4 Å². The van der Waals surface area contributed by atoms with Gasteiger partial charge in [-0.2, -0.15) is 0 Å². The number of carbonyl (C=O) groups is 3. The van der Waals surface area contributed by atoms with Crippen LogP contribution in [0.1, 0.15) is 56.9 Å². The number of carbonyl (C=O) groups excluding carboxylic acids is 3. The number of nitrogens with one attached hydrogen (secondary N) is 3. The van der Waals surface area contributed by atoms with Gasteiger partial charge in [-0.25, -0.2) is 13.2 Å². The third-order valence-corrected chi connectivity index (χ3v) is 7.70. The molecule has 13 heteroatoms. The number of aliphatic hydroxyl groups is 1. The van der Waals surface area contributed by atoms with Crippen molar-refractivity contribution in [2.24, 2.45) is 11.8 Å². The van der Waals surface area contributed by atoms with Crippen molar-refractivity contribution in [1.82, 2.24) is 16.0 Å². The molecule has 1 aromatic carbocycles. The molecule has 3 rings (SSSR count). The Morgan fingerprint density at radius 3 is 2.35 bits per heavy atom. The average molecular weight is 548 g/mol. The fourth-order valence-corrected chi connectivity index (χ4v) is 5.38. The van der Waals surface area contributed by atoms with Crippen LogP contribution in [-0.4, -0.2) is 60.0 Å². The summed E-state index contributed by atoms with van der Waals surface area (Å²) in [5.41, 5.74) is -1.67. The molecule has 1 aliphatic heterocycles. The van der Waals surface area contributed by atoms with Gasteiger partial charge in [0, 0.05) is 12.5 Å².